The van der Waals surface area contributed by atoms with Crippen molar-refractivity contribution in [1.82, 2.24) is 4.98 Å². The molecular formula is C15H11N3O4. The molecule has 0 atom stereocenters. The fourth-order valence-corrected chi connectivity index (χ4v) is 2.05. The second-order valence-corrected chi connectivity index (χ2v) is 4.75. The molecule has 110 valence electrons. The Bertz CT molecular complexity index is 885. The zero-order valence-electron chi connectivity index (χ0n) is 11.6. The van der Waals surface area contributed by atoms with Gasteiger partial charge >= 0.3 is 0 Å². The first-order chi connectivity index (χ1) is 10.5. The van der Waals surface area contributed by atoms with Crippen molar-refractivity contribution < 1.29 is 14.1 Å². The van der Waals surface area contributed by atoms with E-state index in [4.69, 9.17) is 4.42 Å². The van der Waals surface area contributed by atoms with E-state index in [1.54, 1.807) is 31.2 Å². The molecule has 0 bridgehead atoms. The molecule has 0 spiro atoms. The van der Waals surface area contributed by atoms with Gasteiger partial charge in [-0.05, 0) is 30.7 Å². The van der Waals surface area contributed by atoms with E-state index in [0.29, 0.717) is 22.4 Å². The number of carbonyl (C=O) groups is 1. The quantitative estimate of drug-likeness (QED) is 0.590. The Labute approximate surface area is 124 Å². The minimum Gasteiger partial charge on any atom is -0.443 e. The highest BCUT2D eigenvalue weighted by Gasteiger charge is 2.13. The smallest absolute Gasteiger partial charge is 0.271 e. The number of hydrogen-bond acceptors (Lipinski definition) is 5. The van der Waals surface area contributed by atoms with Crippen LogP contribution in [-0.2, 0) is 0 Å². The molecule has 1 heterocycles. The van der Waals surface area contributed by atoms with Crippen molar-refractivity contribution in [3.8, 4) is 0 Å². The Morgan fingerprint density at radius 1 is 1.27 bits per heavy atom. The summed E-state index contributed by atoms with van der Waals surface area (Å²) in [5.74, 6) is -0.367. The van der Waals surface area contributed by atoms with Gasteiger partial charge in [-0.25, -0.2) is 4.98 Å². The maximum Gasteiger partial charge on any atom is 0.271 e. The SMILES string of the molecule is Cc1ccc([N+](=O)[O-])cc1NC(=O)c1ccc2ocnc2c1. The highest BCUT2D eigenvalue weighted by Crippen LogP contribution is 2.23. The first kappa shape index (κ1) is 13.7. The molecule has 0 fully saturated rings. The number of rotatable bonds is 3. The molecule has 2 aromatic carbocycles. The topological polar surface area (TPSA) is 98.3 Å². The summed E-state index contributed by atoms with van der Waals surface area (Å²) in [6.45, 7) is 1.76. The normalized spacial score (nSPS) is 10.6. The number of benzene rings is 2. The number of nitrogens with one attached hydrogen (secondary N) is 1. The van der Waals surface area contributed by atoms with E-state index in [1.807, 2.05) is 0 Å². The summed E-state index contributed by atoms with van der Waals surface area (Å²) in [5, 5.41) is 13.5. The third-order valence-electron chi connectivity index (χ3n) is 3.27. The average molecular weight is 297 g/mol. The number of nitrogens with zero attached hydrogens (tertiary/aromatic N) is 2. The average Bonchev–Trinajstić information content (AvgIpc) is 2.96. The molecule has 0 radical (unpaired) electrons. The summed E-state index contributed by atoms with van der Waals surface area (Å²) in [5.41, 5.74) is 2.62. The second-order valence-electron chi connectivity index (χ2n) is 4.75. The number of anilines is 1. The number of nitro benzene ring substituents is 1. The first-order valence-electron chi connectivity index (χ1n) is 6.44. The van der Waals surface area contributed by atoms with Crippen molar-refractivity contribution in [2.24, 2.45) is 0 Å². The van der Waals surface area contributed by atoms with E-state index in [0.717, 1.165) is 5.56 Å². The minimum absolute atomic E-state index is 0.0761. The molecular weight excluding hydrogens is 286 g/mol. The summed E-state index contributed by atoms with van der Waals surface area (Å²) < 4.78 is 5.11. The highest BCUT2D eigenvalue weighted by molar-refractivity contribution is 6.06. The molecule has 0 saturated heterocycles. The first-order valence-corrected chi connectivity index (χ1v) is 6.44. The summed E-state index contributed by atoms with van der Waals surface area (Å²) >= 11 is 0. The van der Waals surface area contributed by atoms with Gasteiger partial charge in [-0.2, -0.15) is 0 Å². The Hall–Kier alpha value is -3.22. The van der Waals surface area contributed by atoms with Crippen molar-refractivity contribution in [2.75, 3.05) is 5.32 Å². The van der Waals surface area contributed by atoms with E-state index < -0.39 is 4.92 Å². The largest absolute Gasteiger partial charge is 0.443 e. The van der Waals surface area contributed by atoms with Gasteiger partial charge in [0.1, 0.15) is 5.52 Å². The molecule has 0 aliphatic carbocycles. The molecule has 0 aliphatic rings. The number of nitro groups is 1. The van der Waals surface area contributed by atoms with Crippen molar-refractivity contribution in [2.45, 2.75) is 6.92 Å². The number of aryl methyl sites for hydroxylation is 1. The molecule has 1 N–H and O–H groups in total. The number of hydrogen-bond donors (Lipinski definition) is 1. The van der Waals surface area contributed by atoms with Crippen LogP contribution in [0, 0.1) is 17.0 Å². The fraction of sp³-hybridized carbons (Fsp3) is 0.0667. The second kappa shape index (κ2) is 5.28. The van der Waals surface area contributed by atoms with Crippen molar-refractivity contribution in [1.29, 1.82) is 0 Å². The van der Waals surface area contributed by atoms with Gasteiger partial charge in [0.25, 0.3) is 11.6 Å². The number of amides is 1. The van der Waals surface area contributed by atoms with Crippen LogP contribution in [0.3, 0.4) is 0 Å². The molecule has 3 rings (SSSR count). The zero-order valence-corrected chi connectivity index (χ0v) is 11.6. The Morgan fingerprint density at radius 3 is 2.86 bits per heavy atom. The molecule has 22 heavy (non-hydrogen) atoms. The van der Waals surface area contributed by atoms with E-state index in [2.05, 4.69) is 10.3 Å². The number of aromatic nitrogens is 1. The van der Waals surface area contributed by atoms with Crippen LogP contribution in [0.25, 0.3) is 11.1 Å². The lowest BCUT2D eigenvalue weighted by atomic mass is 10.1. The number of oxazole rings is 1. The third-order valence-corrected chi connectivity index (χ3v) is 3.27. The van der Waals surface area contributed by atoms with Crippen molar-refractivity contribution >= 4 is 28.4 Å². The Balaban J connectivity index is 1.90. The van der Waals surface area contributed by atoms with Crippen LogP contribution >= 0.6 is 0 Å². The molecule has 0 aliphatic heterocycles. The molecule has 0 unspecified atom stereocenters. The minimum atomic E-state index is -0.503. The standard InChI is InChI=1S/C15H11N3O4/c1-9-2-4-11(18(20)21)7-12(9)17-15(19)10-3-5-14-13(6-10)16-8-22-14/h2-8H,1H3,(H,17,19). The van der Waals surface area contributed by atoms with Crippen LogP contribution in [0.4, 0.5) is 11.4 Å². The summed E-state index contributed by atoms with van der Waals surface area (Å²) in [7, 11) is 0. The Kier molecular flexibility index (Phi) is 3.30. The summed E-state index contributed by atoms with van der Waals surface area (Å²) in [4.78, 5) is 26.6. The highest BCUT2D eigenvalue weighted by atomic mass is 16.6. The maximum absolute atomic E-state index is 12.3. The molecule has 7 heteroatoms. The van der Waals surface area contributed by atoms with Gasteiger partial charge in [-0.3, -0.25) is 14.9 Å². The molecule has 1 amide bonds. The van der Waals surface area contributed by atoms with Gasteiger partial charge < -0.3 is 9.73 Å². The van der Waals surface area contributed by atoms with Crippen molar-refractivity contribution in [3.63, 3.8) is 0 Å². The van der Waals surface area contributed by atoms with E-state index in [-0.39, 0.29) is 11.6 Å². The van der Waals surface area contributed by atoms with Crippen molar-refractivity contribution in [3.05, 3.63) is 64.0 Å². The van der Waals surface area contributed by atoms with Crippen LogP contribution in [0.15, 0.2) is 47.2 Å². The van der Waals surface area contributed by atoms with Gasteiger partial charge in [-0.1, -0.05) is 6.07 Å². The monoisotopic (exact) mass is 297 g/mol. The lowest BCUT2D eigenvalue weighted by Gasteiger charge is -2.08. The van der Waals surface area contributed by atoms with E-state index in [9.17, 15) is 14.9 Å². The van der Waals surface area contributed by atoms with Gasteiger partial charge in [0.2, 0.25) is 0 Å². The van der Waals surface area contributed by atoms with E-state index >= 15 is 0 Å². The molecule has 7 nitrogen and oxygen atoms in total. The van der Waals surface area contributed by atoms with Gasteiger partial charge in [0.05, 0.1) is 10.6 Å². The van der Waals surface area contributed by atoms with Gasteiger partial charge in [-0.15, -0.1) is 0 Å². The lowest BCUT2D eigenvalue weighted by molar-refractivity contribution is -0.384. The predicted molar refractivity (Wildman–Crippen MR) is 79.8 cm³/mol. The van der Waals surface area contributed by atoms with Gasteiger partial charge in [0.15, 0.2) is 12.0 Å². The zero-order chi connectivity index (χ0) is 15.7. The Morgan fingerprint density at radius 2 is 2.09 bits per heavy atom. The van der Waals surface area contributed by atoms with E-state index in [1.165, 1.54) is 18.5 Å². The summed E-state index contributed by atoms with van der Waals surface area (Å²) in [6, 6.07) is 9.18. The third kappa shape index (κ3) is 2.51. The molecule has 0 saturated carbocycles. The maximum atomic E-state index is 12.3. The number of carbonyl (C=O) groups excluding carboxylic acids is 1. The van der Waals surface area contributed by atoms with Crippen LogP contribution < -0.4 is 5.32 Å². The van der Waals surface area contributed by atoms with Crippen LogP contribution in [0.2, 0.25) is 0 Å². The number of fused-ring (bicyclic) bond motifs is 1. The summed E-state index contributed by atoms with van der Waals surface area (Å²) in [6.07, 6.45) is 1.30. The molecule has 3 aromatic rings. The number of non-ortho nitro benzene ring substituents is 1. The van der Waals surface area contributed by atoms with Crippen LogP contribution in [-0.4, -0.2) is 15.8 Å². The molecule has 1 aromatic heterocycles. The van der Waals surface area contributed by atoms with Crippen LogP contribution in [0.5, 0.6) is 0 Å². The lowest BCUT2D eigenvalue weighted by Crippen LogP contribution is -2.12. The fourth-order valence-electron chi connectivity index (χ4n) is 2.05. The van der Waals surface area contributed by atoms with Crippen LogP contribution in [0.1, 0.15) is 15.9 Å². The van der Waals surface area contributed by atoms with Gasteiger partial charge in [0, 0.05) is 17.7 Å². The predicted octanol–water partition coefficient (Wildman–Crippen LogP) is 3.30.